The van der Waals surface area contributed by atoms with E-state index < -0.39 is 0 Å². The zero-order valence-corrected chi connectivity index (χ0v) is 10.9. The minimum absolute atomic E-state index is 0.195. The van der Waals surface area contributed by atoms with Gasteiger partial charge in [0, 0.05) is 12.1 Å². The van der Waals surface area contributed by atoms with Crippen LogP contribution in [0, 0.1) is 18.3 Å². The topological polar surface area (TPSA) is 61.8 Å². The second kappa shape index (κ2) is 5.88. The third kappa shape index (κ3) is 3.02. The minimum atomic E-state index is 0.195. The summed E-state index contributed by atoms with van der Waals surface area (Å²) in [6.07, 6.45) is 5.88. The molecule has 1 aliphatic carbocycles. The first-order valence-corrected chi connectivity index (χ1v) is 6.73. The number of nitriles is 1. The Labute approximate surface area is 109 Å². The second-order valence-electron chi connectivity index (χ2n) is 5.21. The highest BCUT2D eigenvalue weighted by Gasteiger charge is 2.20. The average Bonchev–Trinajstić information content (AvgIpc) is 2.57. The van der Waals surface area contributed by atoms with E-state index in [0.717, 1.165) is 24.1 Å². The third-order valence-electron chi connectivity index (χ3n) is 3.71. The number of nitrogens with one attached hydrogen (secondary N) is 1. The maximum Gasteiger partial charge on any atom is 0.101 e. The van der Waals surface area contributed by atoms with Gasteiger partial charge in [0.25, 0.3) is 0 Å². The Morgan fingerprint density at radius 2 is 2.06 bits per heavy atom. The van der Waals surface area contributed by atoms with E-state index in [1.54, 1.807) is 0 Å². The molecule has 1 aromatic rings. The molecule has 1 fully saturated rings. The van der Waals surface area contributed by atoms with Gasteiger partial charge in [0.2, 0.25) is 0 Å². The summed E-state index contributed by atoms with van der Waals surface area (Å²) in [7, 11) is 0. The van der Waals surface area contributed by atoms with Gasteiger partial charge in [-0.25, -0.2) is 0 Å². The van der Waals surface area contributed by atoms with Gasteiger partial charge in [0.15, 0.2) is 0 Å². The Morgan fingerprint density at radius 3 is 2.83 bits per heavy atom. The van der Waals surface area contributed by atoms with Crippen LogP contribution in [-0.4, -0.2) is 12.1 Å². The van der Waals surface area contributed by atoms with E-state index in [-0.39, 0.29) is 6.04 Å². The van der Waals surface area contributed by atoms with Crippen LogP contribution >= 0.6 is 0 Å². The van der Waals surface area contributed by atoms with Crippen LogP contribution in [0.1, 0.15) is 43.2 Å². The van der Waals surface area contributed by atoms with E-state index in [4.69, 9.17) is 5.73 Å². The number of nitrogens with two attached hydrogens (primary N) is 1. The molecule has 0 aliphatic heterocycles. The van der Waals surface area contributed by atoms with E-state index in [1.807, 2.05) is 25.1 Å². The molecule has 3 nitrogen and oxygen atoms in total. The fourth-order valence-corrected chi connectivity index (χ4v) is 2.59. The molecule has 1 aliphatic rings. The Balaban J connectivity index is 2.15. The SMILES string of the molecule is Cc1ccc(NC2CCCCCC2N)c(C#N)c1. The third-order valence-corrected chi connectivity index (χ3v) is 3.71. The van der Waals surface area contributed by atoms with Crippen molar-refractivity contribution in [3.8, 4) is 6.07 Å². The highest BCUT2D eigenvalue weighted by atomic mass is 15.0. The minimum Gasteiger partial charge on any atom is -0.380 e. The molecule has 1 saturated carbocycles. The molecule has 0 saturated heterocycles. The summed E-state index contributed by atoms with van der Waals surface area (Å²) in [4.78, 5) is 0. The van der Waals surface area contributed by atoms with Crippen LogP contribution in [0.4, 0.5) is 5.69 Å². The van der Waals surface area contributed by atoms with Gasteiger partial charge in [-0.1, -0.05) is 25.3 Å². The van der Waals surface area contributed by atoms with E-state index in [1.165, 1.54) is 19.3 Å². The van der Waals surface area contributed by atoms with E-state index >= 15 is 0 Å². The summed E-state index contributed by atoms with van der Waals surface area (Å²) in [6.45, 7) is 2.00. The number of rotatable bonds is 2. The summed E-state index contributed by atoms with van der Waals surface area (Å²) in [5, 5.41) is 12.6. The van der Waals surface area contributed by atoms with Crippen molar-refractivity contribution in [2.45, 2.75) is 51.1 Å². The molecule has 0 heterocycles. The molecule has 3 heteroatoms. The molecule has 0 amide bonds. The van der Waals surface area contributed by atoms with Crippen molar-refractivity contribution in [1.29, 1.82) is 5.26 Å². The number of hydrogen-bond acceptors (Lipinski definition) is 3. The van der Waals surface area contributed by atoms with Crippen molar-refractivity contribution in [3.63, 3.8) is 0 Å². The highest BCUT2D eigenvalue weighted by molar-refractivity contribution is 5.59. The molecule has 3 N–H and O–H groups in total. The number of nitrogens with zero attached hydrogens (tertiary/aromatic N) is 1. The first kappa shape index (κ1) is 12.9. The van der Waals surface area contributed by atoms with Crippen LogP contribution in [0.5, 0.6) is 0 Å². The van der Waals surface area contributed by atoms with E-state index in [9.17, 15) is 5.26 Å². The highest BCUT2D eigenvalue weighted by Crippen LogP contribution is 2.23. The van der Waals surface area contributed by atoms with Gasteiger partial charge in [-0.15, -0.1) is 0 Å². The Bertz CT molecular complexity index is 448. The van der Waals surface area contributed by atoms with Gasteiger partial charge in [-0.05, 0) is 37.5 Å². The van der Waals surface area contributed by atoms with Crippen molar-refractivity contribution in [2.24, 2.45) is 5.73 Å². The van der Waals surface area contributed by atoms with Gasteiger partial charge in [0.05, 0.1) is 11.3 Å². The Kier molecular flexibility index (Phi) is 4.22. The Morgan fingerprint density at radius 1 is 1.28 bits per heavy atom. The predicted molar refractivity (Wildman–Crippen MR) is 74.4 cm³/mol. The lowest BCUT2D eigenvalue weighted by molar-refractivity contribution is 0.528. The molecule has 1 aromatic carbocycles. The zero-order chi connectivity index (χ0) is 13.0. The predicted octanol–water partition coefficient (Wildman–Crippen LogP) is 2.94. The van der Waals surface area contributed by atoms with Crippen LogP contribution in [0.3, 0.4) is 0 Å². The van der Waals surface area contributed by atoms with E-state index in [2.05, 4.69) is 11.4 Å². The zero-order valence-electron chi connectivity index (χ0n) is 10.9. The first-order chi connectivity index (χ1) is 8.70. The molecule has 0 radical (unpaired) electrons. The summed E-state index contributed by atoms with van der Waals surface area (Å²) in [5.41, 5.74) is 8.95. The van der Waals surface area contributed by atoms with Crippen molar-refractivity contribution < 1.29 is 0 Å². The quantitative estimate of drug-likeness (QED) is 0.785. The van der Waals surface area contributed by atoms with Crippen molar-refractivity contribution >= 4 is 5.69 Å². The van der Waals surface area contributed by atoms with Gasteiger partial charge in [0.1, 0.15) is 6.07 Å². The summed E-state index contributed by atoms with van der Waals surface area (Å²) < 4.78 is 0. The fraction of sp³-hybridized carbons (Fsp3) is 0.533. The van der Waals surface area contributed by atoms with Crippen LogP contribution in [0.15, 0.2) is 18.2 Å². The second-order valence-corrected chi connectivity index (χ2v) is 5.21. The van der Waals surface area contributed by atoms with Gasteiger partial charge in [-0.3, -0.25) is 0 Å². The number of benzene rings is 1. The van der Waals surface area contributed by atoms with Crippen molar-refractivity contribution in [1.82, 2.24) is 0 Å². The van der Waals surface area contributed by atoms with Crippen LogP contribution < -0.4 is 11.1 Å². The largest absolute Gasteiger partial charge is 0.380 e. The maximum atomic E-state index is 9.17. The fourth-order valence-electron chi connectivity index (χ4n) is 2.59. The van der Waals surface area contributed by atoms with Gasteiger partial charge in [-0.2, -0.15) is 5.26 Å². The number of anilines is 1. The molecular formula is C15H21N3. The lowest BCUT2D eigenvalue weighted by atomic mass is 10.0. The van der Waals surface area contributed by atoms with Gasteiger partial charge >= 0.3 is 0 Å². The molecule has 2 rings (SSSR count). The molecule has 18 heavy (non-hydrogen) atoms. The molecular weight excluding hydrogens is 222 g/mol. The standard InChI is InChI=1S/C15H21N3/c1-11-7-8-14(12(9-11)10-16)18-15-6-4-2-3-5-13(15)17/h7-9,13,15,18H,2-6,17H2,1H3. The molecule has 0 bridgehead atoms. The van der Waals surface area contributed by atoms with Crippen LogP contribution in [0.2, 0.25) is 0 Å². The number of hydrogen-bond donors (Lipinski definition) is 2. The van der Waals surface area contributed by atoms with Gasteiger partial charge < -0.3 is 11.1 Å². The summed E-state index contributed by atoms with van der Waals surface area (Å²) in [5.74, 6) is 0. The molecule has 0 spiro atoms. The van der Waals surface area contributed by atoms with E-state index in [0.29, 0.717) is 11.6 Å². The average molecular weight is 243 g/mol. The van der Waals surface area contributed by atoms with Crippen molar-refractivity contribution in [3.05, 3.63) is 29.3 Å². The normalized spacial score (nSPS) is 24.1. The lowest BCUT2D eigenvalue weighted by Crippen LogP contribution is -2.39. The molecule has 96 valence electrons. The molecule has 2 atom stereocenters. The molecule has 0 aromatic heterocycles. The van der Waals surface area contributed by atoms with Crippen LogP contribution in [-0.2, 0) is 0 Å². The Hall–Kier alpha value is -1.53. The smallest absolute Gasteiger partial charge is 0.101 e. The van der Waals surface area contributed by atoms with Crippen LogP contribution in [0.25, 0.3) is 0 Å². The molecule has 2 unspecified atom stereocenters. The lowest BCUT2D eigenvalue weighted by Gasteiger charge is -2.24. The summed E-state index contributed by atoms with van der Waals surface area (Å²) in [6, 6.07) is 8.69. The summed E-state index contributed by atoms with van der Waals surface area (Å²) >= 11 is 0. The number of aryl methyl sites for hydroxylation is 1. The monoisotopic (exact) mass is 243 g/mol. The van der Waals surface area contributed by atoms with Crippen molar-refractivity contribution in [2.75, 3.05) is 5.32 Å². The first-order valence-electron chi connectivity index (χ1n) is 6.73. The maximum absolute atomic E-state index is 9.17.